The molecule has 0 aliphatic carbocycles. The topological polar surface area (TPSA) is 104 Å². The van der Waals surface area contributed by atoms with Crippen molar-refractivity contribution in [3.63, 3.8) is 0 Å². The molecule has 1 amide bonds. The zero-order valence-electron chi connectivity index (χ0n) is 19.6. The van der Waals surface area contributed by atoms with Crippen LogP contribution in [0.15, 0.2) is 57.7 Å². The lowest BCUT2D eigenvalue weighted by molar-refractivity contribution is 0.0529. The summed E-state index contributed by atoms with van der Waals surface area (Å²) in [5.41, 5.74) is 0.911. The number of thiophene rings is 1. The molecular weight excluding hydrogens is 470 g/mol. The number of carbonyl (C=O) groups excluding carboxylic acids is 2. The van der Waals surface area contributed by atoms with Crippen LogP contribution >= 0.6 is 11.3 Å². The molecule has 4 rings (SSSR count). The minimum Gasteiger partial charge on any atom is -0.493 e. The quantitative estimate of drug-likeness (QED) is 0.276. The molecule has 1 N–H and O–H groups in total. The summed E-state index contributed by atoms with van der Waals surface area (Å²) in [6.07, 6.45) is 0. The smallest absolute Gasteiger partial charge is 0.349 e. The van der Waals surface area contributed by atoms with Gasteiger partial charge in [0.1, 0.15) is 21.7 Å². The molecule has 0 unspecified atom stereocenters. The van der Waals surface area contributed by atoms with Gasteiger partial charge in [-0.05, 0) is 43.7 Å². The van der Waals surface area contributed by atoms with Gasteiger partial charge in [-0.1, -0.05) is 24.3 Å². The van der Waals surface area contributed by atoms with E-state index in [2.05, 4.69) is 5.32 Å². The van der Waals surface area contributed by atoms with E-state index >= 15 is 0 Å². The van der Waals surface area contributed by atoms with Crippen LogP contribution < -0.4 is 20.4 Å². The summed E-state index contributed by atoms with van der Waals surface area (Å²) in [6.45, 7) is 3.69. The van der Waals surface area contributed by atoms with Crippen molar-refractivity contribution in [2.45, 2.75) is 13.8 Å². The fourth-order valence-corrected chi connectivity index (χ4v) is 4.82. The highest BCUT2D eigenvalue weighted by Crippen LogP contribution is 2.43. The van der Waals surface area contributed by atoms with Crippen molar-refractivity contribution in [3.8, 4) is 22.6 Å². The maximum Gasteiger partial charge on any atom is 0.349 e. The minimum absolute atomic E-state index is 0.154. The lowest BCUT2D eigenvalue weighted by atomic mass is 10.0. The van der Waals surface area contributed by atoms with Crippen LogP contribution in [0.1, 0.15) is 32.5 Å². The van der Waals surface area contributed by atoms with E-state index in [0.29, 0.717) is 33.6 Å². The van der Waals surface area contributed by atoms with Crippen molar-refractivity contribution in [3.05, 3.63) is 75.0 Å². The van der Waals surface area contributed by atoms with Gasteiger partial charge in [0.2, 0.25) is 0 Å². The molecule has 0 bridgehead atoms. The van der Waals surface area contributed by atoms with E-state index in [1.165, 1.54) is 31.6 Å². The standard InChI is InChI=1S/C26H23NO7S/c1-5-33-26(30)22-21(16-10-11-19(31-3)20(13-16)32-4)14(2)35-24(22)27-23(28)17-12-15-8-6-7-9-18(15)34-25(17)29/h6-13H,5H2,1-4H3,(H,27,28). The molecule has 0 fully saturated rings. The predicted molar refractivity (Wildman–Crippen MR) is 134 cm³/mol. The Kier molecular flexibility index (Phi) is 6.88. The van der Waals surface area contributed by atoms with E-state index in [1.54, 1.807) is 49.4 Å². The molecular formula is C26H23NO7S. The predicted octanol–water partition coefficient (Wildman–Crippen LogP) is 5.28. The van der Waals surface area contributed by atoms with E-state index in [1.807, 2.05) is 6.92 Å². The first-order valence-corrected chi connectivity index (χ1v) is 11.6. The number of anilines is 1. The number of methoxy groups -OCH3 is 2. The molecule has 0 radical (unpaired) electrons. The molecule has 0 aliphatic rings. The molecule has 0 spiro atoms. The van der Waals surface area contributed by atoms with Crippen molar-refractivity contribution in [2.75, 3.05) is 26.1 Å². The number of amides is 1. The Labute approximate surface area is 205 Å². The van der Waals surface area contributed by atoms with Crippen LogP contribution in [-0.2, 0) is 4.74 Å². The van der Waals surface area contributed by atoms with E-state index in [9.17, 15) is 14.4 Å². The van der Waals surface area contributed by atoms with Crippen molar-refractivity contribution >= 4 is 39.2 Å². The number of benzene rings is 2. The van der Waals surface area contributed by atoms with E-state index < -0.39 is 17.5 Å². The average molecular weight is 494 g/mol. The monoisotopic (exact) mass is 493 g/mol. The molecule has 2 heterocycles. The van der Waals surface area contributed by atoms with E-state index in [4.69, 9.17) is 18.6 Å². The maximum atomic E-state index is 13.1. The Bertz CT molecular complexity index is 1490. The van der Waals surface area contributed by atoms with Crippen molar-refractivity contribution in [1.29, 1.82) is 0 Å². The summed E-state index contributed by atoms with van der Waals surface area (Å²) in [5.74, 6) is -0.249. The van der Waals surface area contributed by atoms with Crippen LogP contribution in [0.5, 0.6) is 11.5 Å². The lowest BCUT2D eigenvalue weighted by Crippen LogP contribution is -2.21. The molecule has 35 heavy (non-hydrogen) atoms. The number of fused-ring (bicyclic) bond motifs is 1. The number of carbonyl (C=O) groups is 2. The number of nitrogens with one attached hydrogen (secondary N) is 1. The van der Waals surface area contributed by atoms with Crippen LogP contribution in [-0.4, -0.2) is 32.7 Å². The molecule has 0 saturated heterocycles. The Hall–Kier alpha value is -4.11. The van der Waals surface area contributed by atoms with Gasteiger partial charge < -0.3 is 23.9 Å². The lowest BCUT2D eigenvalue weighted by Gasteiger charge is -2.12. The van der Waals surface area contributed by atoms with Gasteiger partial charge in [-0.2, -0.15) is 0 Å². The molecule has 8 nitrogen and oxygen atoms in total. The van der Waals surface area contributed by atoms with Crippen molar-refractivity contribution in [2.24, 2.45) is 0 Å². The second-order valence-corrected chi connectivity index (χ2v) is 8.69. The van der Waals surface area contributed by atoms with Crippen LogP contribution in [0.25, 0.3) is 22.1 Å². The molecule has 2 aromatic heterocycles. The van der Waals surface area contributed by atoms with Crippen LogP contribution in [0.4, 0.5) is 5.00 Å². The molecule has 4 aromatic rings. The Morgan fingerprint density at radius 2 is 1.77 bits per heavy atom. The summed E-state index contributed by atoms with van der Waals surface area (Å²) in [7, 11) is 3.06. The zero-order chi connectivity index (χ0) is 25.1. The van der Waals surface area contributed by atoms with Crippen LogP contribution in [0.3, 0.4) is 0 Å². The summed E-state index contributed by atoms with van der Waals surface area (Å²) < 4.78 is 21.3. The Morgan fingerprint density at radius 3 is 2.49 bits per heavy atom. The largest absolute Gasteiger partial charge is 0.493 e. The number of rotatable bonds is 7. The van der Waals surface area contributed by atoms with Gasteiger partial charge in [-0.3, -0.25) is 4.79 Å². The molecule has 9 heteroatoms. The fourth-order valence-electron chi connectivity index (χ4n) is 3.76. The molecule has 180 valence electrons. The number of hydrogen-bond donors (Lipinski definition) is 1. The summed E-state index contributed by atoms with van der Waals surface area (Å²) in [4.78, 5) is 39.3. The number of hydrogen-bond acceptors (Lipinski definition) is 8. The first kappa shape index (κ1) is 24.0. The number of ether oxygens (including phenoxy) is 3. The maximum absolute atomic E-state index is 13.1. The van der Waals surface area contributed by atoms with E-state index in [-0.39, 0.29) is 22.7 Å². The van der Waals surface area contributed by atoms with Crippen LogP contribution in [0.2, 0.25) is 0 Å². The molecule has 2 aromatic carbocycles. The van der Waals surface area contributed by atoms with Gasteiger partial charge in [0.25, 0.3) is 5.91 Å². The van der Waals surface area contributed by atoms with Gasteiger partial charge in [0.15, 0.2) is 11.5 Å². The zero-order valence-corrected chi connectivity index (χ0v) is 20.4. The Balaban J connectivity index is 1.80. The highest BCUT2D eigenvalue weighted by molar-refractivity contribution is 7.17. The highest BCUT2D eigenvalue weighted by Gasteiger charge is 2.27. The first-order chi connectivity index (χ1) is 16.9. The summed E-state index contributed by atoms with van der Waals surface area (Å²) >= 11 is 1.21. The van der Waals surface area contributed by atoms with Crippen LogP contribution in [0, 0.1) is 6.92 Å². The van der Waals surface area contributed by atoms with Gasteiger partial charge >= 0.3 is 11.6 Å². The summed E-state index contributed by atoms with van der Waals surface area (Å²) in [5, 5.41) is 3.59. The third-order valence-corrected chi connectivity index (χ3v) is 6.37. The number of para-hydroxylation sites is 1. The summed E-state index contributed by atoms with van der Waals surface area (Å²) in [6, 6.07) is 13.7. The highest BCUT2D eigenvalue weighted by atomic mass is 32.1. The van der Waals surface area contributed by atoms with E-state index in [0.717, 1.165) is 4.88 Å². The SMILES string of the molecule is CCOC(=O)c1c(NC(=O)c2cc3ccccc3oc2=O)sc(C)c1-c1ccc(OC)c(OC)c1. The number of aryl methyl sites for hydroxylation is 1. The third-order valence-electron chi connectivity index (χ3n) is 5.35. The molecule has 0 atom stereocenters. The molecule has 0 saturated carbocycles. The van der Waals surface area contributed by atoms with Gasteiger partial charge in [-0.25, -0.2) is 9.59 Å². The Morgan fingerprint density at radius 1 is 1.03 bits per heavy atom. The van der Waals surface area contributed by atoms with Crippen molar-refractivity contribution < 1.29 is 28.2 Å². The molecule has 0 aliphatic heterocycles. The second kappa shape index (κ2) is 10.0. The normalized spacial score (nSPS) is 10.7. The van der Waals surface area contributed by atoms with Crippen molar-refractivity contribution in [1.82, 2.24) is 0 Å². The third kappa shape index (κ3) is 4.63. The number of esters is 1. The van der Waals surface area contributed by atoms with Gasteiger partial charge in [-0.15, -0.1) is 11.3 Å². The minimum atomic E-state index is -0.771. The first-order valence-electron chi connectivity index (χ1n) is 10.7. The fraction of sp³-hybridized carbons (Fsp3) is 0.192. The average Bonchev–Trinajstić information content (AvgIpc) is 3.18. The van der Waals surface area contributed by atoms with Gasteiger partial charge in [0, 0.05) is 15.8 Å². The second-order valence-electron chi connectivity index (χ2n) is 7.47. The van der Waals surface area contributed by atoms with Gasteiger partial charge in [0.05, 0.1) is 20.8 Å².